The van der Waals surface area contributed by atoms with Crippen LogP contribution in [0.15, 0.2) is 23.8 Å². The molecular weight excluding hydrogens is 269 g/mol. The second-order valence-electron chi connectivity index (χ2n) is 6.09. The predicted molar refractivity (Wildman–Crippen MR) is 81.9 cm³/mol. The minimum Gasteiger partial charge on any atom is -0.495 e. The molecule has 0 aliphatic carbocycles. The standard InChI is InChI=1S/C15H22BNO4/c1-14(2)15(3,4)21-16(20-14)11(10-18)8-12-6-7-13(19-5)9-17-12/h6-9,18H,10H2,1-5H3. The first kappa shape index (κ1) is 16.0. The van der Waals surface area contributed by atoms with Gasteiger partial charge in [-0.15, -0.1) is 0 Å². The number of methoxy groups -OCH3 is 1. The fraction of sp³-hybridized carbons (Fsp3) is 0.533. The van der Waals surface area contributed by atoms with Crippen molar-refractivity contribution in [2.75, 3.05) is 13.7 Å². The first-order chi connectivity index (χ1) is 9.79. The molecule has 0 spiro atoms. The van der Waals surface area contributed by atoms with Gasteiger partial charge in [0, 0.05) is 0 Å². The summed E-state index contributed by atoms with van der Waals surface area (Å²) in [7, 11) is 1.03. The van der Waals surface area contributed by atoms with Crippen molar-refractivity contribution in [3.63, 3.8) is 0 Å². The molecule has 6 heteroatoms. The molecule has 2 rings (SSSR count). The molecule has 114 valence electrons. The van der Waals surface area contributed by atoms with Gasteiger partial charge in [-0.2, -0.15) is 0 Å². The van der Waals surface area contributed by atoms with Crippen LogP contribution in [0.3, 0.4) is 0 Å². The highest BCUT2D eigenvalue weighted by atomic mass is 16.7. The van der Waals surface area contributed by atoms with Crippen LogP contribution in [0.2, 0.25) is 0 Å². The van der Waals surface area contributed by atoms with Gasteiger partial charge in [0.05, 0.1) is 36.8 Å². The quantitative estimate of drug-likeness (QED) is 0.861. The summed E-state index contributed by atoms with van der Waals surface area (Å²) < 4.78 is 16.9. The Morgan fingerprint density at radius 2 is 1.90 bits per heavy atom. The van der Waals surface area contributed by atoms with Crippen LogP contribution in [0.4, 0.5) is 0 Å². The average molecular weight is 291 g/mol. The molecule has 1 saturated heterocycles. The van der Waals surface area contributed by atoms with Gasteiger partial charge < -0.3 is 19.2 Å². The summed E-state index contributed by atoms with van der Waals surface area (Å²) in [5.74, 6) is 0.688. The monoisotopic (exact) mass is 291 g/mol. The van der Waals surface area contributed by atoms with Gasteiger partial charge in [-0.3, -0.25) is 4.98 Å². The number of ether oxygens (including phenoxy) is 1. The normalized spacial score (nSPS) is 20.7. The van der Waals surface area contributed by atoms with Crippen molar-refractivity contribution < 1.29 is 19.2 Å². The van der Waals surface area contributed by atoms with Crippen LogP contribution in [0.1, 0.15) is 33.4 Å². The maximum absolute atomic E-state index is 9.61. The molecule has 5 nitrogen and oxygen atoms in total. The van der Waals surface area contributed by atoms with Crippen LogP contribution in [0, 0.1) is 0 Å². The first-order valence-electron chi connectivity index (χ1n) is 6.96. The molecule has 21 heavy (non-hydrogen) atoms. The smallest absolute Gasteiger partial charge is 0.492 e. The summed E-state index contributed by atoms with van der Waals surface area (Å²) in [6.45, 7) is 7.77. The Hall–Kier alpha value is -1.37. The topological polar surface area (TPSA) is 60.8 Å². The lowest BCUT2D eigenvalue weighted by Gasteiger charge is -2.32. The molecule has 0 amide bonds. The molecule has 1 fully saturated rings. The Kier molecular flexibility index (Phi) is 4.42. The van der Waals surface area contributed by atoms with E-state index in [9.17, 15) is 5.11 Å². The number of hydrogen-bond donors (Lipinski definition) is 1. The third-order valence-corrected chi connectivity index (χ3v) is 4.07. The van der Waals surface area contributed by atoms with E-state index < -0.39 is 18.3 Å². The van der Waals surface area contributed by atoms with Gasteiger partial charge in [-0.1, -0.05) is 0 Å². The number of aliphatic hydroxyl groups excluding tert-OH is 1. The Bertz CT molecular complexity index is 509. The highest BCUT2D eigenvalue weighted by Gasteiger charge is 2.52. The summed E-state index contributed by atoms with van der Waals surface area (Å²) >= 11 is 0. The number of pyridine rings is 1. The molecule has 0 aromatic carbocycles. The minimum atomic E-state index is -0.566. The largest absolute Gasteiger partial charge is 0.495 e. The predicted octanol–water partition coefficient (Wildman–Crippen LogP) is 2.10. The maximum atomic E-state index is 9.61. The van der Waals surface area contributed by atoms with Crippen molar-refractivity contribution in [2.24, 2.45) is 0 Å². The third-order valence-electron chi connectivity index (χ3n) is 4.07. The summed E-state index contributed by atoms with van der Waals surface area (Å²) in [4.78, 5) is 4.26. The van der Waals surface area contributed by atoms with Gasteiger partial charge >= 0.3 is 7.12 Å². The van der Waals surface area contributed by atoms with E-state index in [1.54, 1.807) is 19.4 Å². The first-order valence-corrected chi connectivity index (χ1v) is 6.96. The molecule has 0 radical (unpaired) electrons. The lowest BCUT2D eigenvalue weighted by Crippen LogP contribution is -2.41. The highest BCUT2D eigenvalue weighted by Crippen LogP contribution is 2.38. The van der Waals surface area contributed by atoms with Gasteiger partial charge in [0.15, 0.2) is 0 Å². The molecular formula is C15H22BNO4. The SMILES string of the molecule is COc1ccc(C=C(CO)B2OC(C)(C)C(C)(C)O2)nc1. The lowest BCUT2D eigenvalue weighted by atomic mass is 9.78. The number of aliphatic hydroxyl groups is 1. The lowest BCUT2D eigenvalue weighted by molar-refractivity contribution is 0.00578. The van der Waals surface area contributed by atoms with Gasteiger partial charge in [0.1, 0.15) is 5.75 Å². The summed E-state index contributed by atoms with van der Waals surface area (Å²) in [5.41, 5.74) is 0.499. The third kappa shape index (κ3) is 3.28. The van der Waals surface area contributed by atoms with E-state index >= 15 is 0 Å². The van der Waals surface area contributed by atoms with Gasteiger partial charge in [-0.05, 0) is 51.4 Å². The second kappa shape index (κ2) is 5.79. The van der Waals surface area contributed by atoms with E-state index in [1.165, 1.54) is 0 Å². The van der Waals surface area contributed by atoms with Crippen molar-refractivity contribution in [1.29, 1.82) is 0 Å². The Balaban J connectivity index is 2.22. The van der Waals surface area contributed by atoms with Gasteiger partial charge in [0.25, 0.3) is 0 Å². The molecule has 0 saturated carbocycles. The van der Waals surface area contributed by atoms with Crippen molar-refractivity contribution in [2.45, 2.75) is 38.9 Å². The van der Waals surface area contributed by atoms with Crippen molar-refractivity contribution in [3.8, 4) is 5.75 Å². The zero-order chi connectivity index (χ0) is 15.7. The van der Waals surface area contributed by atoms with Crippen LogP contribution in [0.25, 0.3) is 6.08 Å². The Labute approximate surface area is 126 Å². The van der Waals surface area contributed by atoms with E-state index in [0.29, 0.717) is 11.2 Å². The summed E-state index contributed by atoms with van der Waals surface area (Å²) in [6.07, 6.45) is 3.41. The number of rotatable bonds is 4. The fourth-order valence-electron chi connectivity index (χ4n) is 1.97. The molecule has 1 aromatic heterocycles. The minimum absolute atomic E-state index is 0.148. The molecule has 2 heterocycles. The molecule has 1 aliphatic heterocycles. The number of nitrogens with zero attached hydrogens (tertiary/aromatic N) is 1. The van der Waals surface area contributed by atoms with E-state index in [-0.39, 0.29) is 6.61 Å². The maximum Gasteiger partial charge on any atom is 0.492 e. The zero-order valence-electron chi connectivity index (χ0n) is 13.2. The van der Waals surface area contributed by atoms with Crippen LogP contribution in [-0.4, -0.2) is 42.1 Å². The summed E-state index contributed by atoms with van der Waals surface area (Å²) in [5, 5.41) is 9.61. The highest BCUT2D eigenvalue weighted by molar-refractivity contribution is 6.55. The van der Waals surface area contributed by atoms with E-state index in [4.69, 9.17) is 14.0 Å². The van der Waals surface area contributed by atoms with Gasteiger partial charge in [0.2, 0.25) is 0 Å². The molecule has 1 aliphatic rings. The van der Waals surface area contributed by atoms with Crippen molar-refractivity contribution >= 4 is 13.2 Å². The van der Waals surface area contributed by atoms with E-state index in [0.717, 1.165) is 5.69 Å². The Morgan fingerprint density at radius 3 is 2.33 bits per heavy atom. The number of aromatic nitrogens is 1. The molecule has 0 atom stereocenters. The van der Waals surface area contributed by atoms with Crippen LogP contribution in [0.5, 0.6) is 5.75 Å². The van der Waals surface area contributed by atoms with Gasteiger partial charge in [-0.25, -0.2) is 0 Å². The zero-order valence-corrected chi connectivity index (χ0v) is 13.2. The Morgan fingerprint density at radius 1 is 1.29 bits per heavy atom. The van der Waals surface area contributed by atoms with E-state index in [1.807, 2.05) is 39.8 Å². The molecule has 0 bridgehead atoms. The van der Waals surface area contributed by atoms with Crippen LogP contribution >= 0.6 is 0 Å². The summed E-state index contributed by atoms with van der Waals surface area (Å²) in [6, 6.07) is 3.64. The molecule has 1 N–H and O–H groups in total. The average Bonchev–Trinajstić information content (AvgIpc) is 2.65. The fourth-order valence-corrected chi connectivity index (χ4v) is 1.97. The van der Waals surface area contributed by atoms with Crippen LogP contribution < -0.4 is 4.74 Å². The number of hydrogen-bond acceptors (Lipinski definition) is 5. The van der Waals surface area contributed by atoms with Crippen molar-refractivity contribution in [3.05, 3.63) is 29.5 Å². The van der Waals surface area contributed by atoms with Crippen LogP contribution in [-0.2, 0) is 9.31 Å². The molecule has 0 unspecified atom stereocenters. The van der Waals surface area contributed by atoms with E-state index in [2.05, 4.69) is 4.98 Å². The van der Waals surface area contributed by atoms with Crippen molar-refractivity contribution in [1.82, 2.24) is 4.98 Å². The second-order valence-corrected chi connectivity index (χ2v) is 6.09. The molecule has 1 aromatic rings.